The van der Waals surface area contributed by atoms with Crippen molar-refractivity contribution < 1.29 is 13.7 Å². The van der Waals surface area contributed by atoms with Gasteiger partial charge in [0.15, 0.2) is 5.82 Å². The van der Waals surface area contributed by atoms with Crippen molar-refractivity contribution in [3.05, 3.63) is 48.0 Å². The van der Waals surface area contributed by atoms with E-state index < -0.39 is 0 Å². The molecule has 6 nitrogen and oxygen atoms in total. The van der Waals surface area contributed by atoms with Crippen molar-refractivity contribution in [1.82, 2.24) is 15.0 Å². The average molecular weight is 367 g/mol. The van der Waals surface area contributed by atoms with E-state index in [2.05, 4.69) is 28.9 Å². The Morgan fingerprint density at radius 1 is 1.15 bits per heavy atom. The molecule has 0 saturated carbocycles. The lowest BCUT2D eigenvalue weighted by atomic mass is 10.1. The van der Waals surface area contributed by atoms with Crippen molar-refractivity contribution in [3.63, 3.8) is 0 Å². The Morgan fingerprint density at radius 3 is 2.67 bits per heavy atom. The molecule has 0 unspecified atom stereocenters. The molecule has 0 spiro atoms. The lowest BCUT2D eigenvalue weighted by Gasteiger charge is -2.15. The van der Waals surface area contributed by atoms with Gasteiger partial charge in [0.25, 0.3) is 5.89 Å². The summed E-state index contributed by atoms with van der Waals surface area (Å²) < 4.78 is 17.3. The number of hydrogen-bond donors (Lipinski definition) is 0. The summed E-state index contributed by atoms with van der Waals surface area (Å²) in [6.45, 7) is 8.41. The molecule has 1 aromatic carbocycles. The van der Waals surface area contributed by atoms with Crippen LogP contribution in [0.3, 0.4) is 0 Å². The monoisotopic (exact) mass is 367 g/mol. The van der Waals surface area contributed by atoms with E-state index >= 15 is 0 Å². The van der Waals surface area contributed by atoms with E-state index in [-0.39, 0.29) is 5.92 Å². The fourth-order valence-electron chi connectivity index (χ4n) is 3.40. The van der Waals surface area contributed by atoms with Crippen LogP contribution >= 0.6 is 0 Å². The summed E-state index contributed by atoms with van der Waals surface area (Å²) in [5.41, 5.74) is 1.85. The molecule has 4 rings (SSSR count). The maximum atomic E-state index is 6.23. The molecule has 0 aliphatic carbocycles. The number of hydrogen-bond acceptors (Lipinski definition) is 6. The second-order valence-corrected chi connectivity index (χ2v) is 6.80. The van der Waals surface area contributed by atoms with Crippen molar-refractivity contribution >= 4 is 0 Å². The predicted molar refractivity (Wildman–Crippen MR) is 102 cm³/mol. The van der Waals surface area contributed by atoms with Crippen LogP contribution in [0.5, 0.6) is 0 Å². The van der Waals surface area contributed by atoms with Crippen LogP contribution in [-0.2, 0) is 11.3 Å². The zero-order chi connectivity index (χ0) is 18.6. The molecular formula is C21H25N3O3. The largest absolute Gasteiger partial charge is 0.459 e. The molecule has 0 N–H and O–H groups in total. The van der Waals surface area contributed by atoms with Gasteiger partial charge in [-0.15, -0.1) is 0 Å². The van der Waals surface area contributed by atoms with Gasteiger partial charge in [-0.3, -0.25) is 4.90 Å². The van der Waals surface area contributed by atoms with Crippen molar-refractivity contribution in [2.45, 2.75) is 32.7 Å². The maximum Gasteiger partial charge on any atom is 0.261 e. The van der Waals surface area contributed by atoms with Crippen LogP contribution < -0.4 is 0 Å². The van der Waals surface area contributed by atoms with Gasteiger partial charge in [0.2, 0.25) is 0 Å². The molecule has 3 heterocycles. The van der Waals surface area contributed by atoms with E-state index in [9.17, 15) is 0 Å². The summed E-state index contributed by atoms with van der Waals surface area (Å²) in [7, 11) is 0. The van der Waals surface area contributed by atoms with Crippen LogP contribution in [0, 0.1) is 0 Å². The summed E-state index contributed by atoms with van der Waals surface area (Å²) in [5.74, 6) is 3.11. The van der Waals surface area contributed by atoms with Gasteiger partial charge in [0, 0.05) is 18.1 Å². The molecule has 142 valence electrons. The third-order valence-corrected chi connectivity index (χ3v) is 5.06. The Balaban J connectivity index is 1.70. The summed E-state index contributed by atoms with van der Waals surface area (Å²) in [5, 5.41) is 4.19. The van der Waals surface area contributed by atoms with Crippen LogP contribution in [0.2, 0.25) is 0 Å². The highest BCUT2D eigenvalue weighted by Gasteiger charge is 2.26. The van der Waals surface area contributed by atoms with Crippen molar-refractivity contribution in [2.24, 2.45) is 0 Å². The molecular weight excluding hydrogens is 342 g/mol. The first kappa shape index (κ1) is 17.9. The van der Waals surface area contributed by atoms with Gasteiger partial charge in [0.1, 0.15) is 11.5 Å². The topological polar surface area (TPSA) is 64.5 Å². The molecule has 6 heteroatoms. The van der Waals surface area contributed by atoms with Crippen LogP contribution in [0.15, 0.2) is 45.3 Å². The van der Waals surface area contributed by atoms with Crippen LogP contribution in [0.25, 0.3) is 22.8 Å². The molecule has 1 aliphatic rings. The molecule has 3 aromatic rings. The zero-order valence-corrected chi connectivity index (χ0v) is 15.9. The molecule has 1 aliphatic heterocycles. The van der Waals surface area contributed by atoms with Gasteiger partial charge < -0.3 is 13.7 Å². The Morgan fingerprint density at radius 2 is 1.96 bits per heavy atom. The SMILES string of the molecule is CCN(CC)Cc1cc(-c2nc([C@@H]3CCOC3)no2)c(-c2ccccc2)o1. The van der Waals surface area contributed by atoms with Gasteiger partial charge in [-0.05, 0) is 25.6 Å². The Kier molecular flexibility index (Phi) is 5.36. The zero-order valence-electron chi connectivity index (χ0n) is 15.9. The molecule has 0 radical (unpaired) electrons. The van der Waals surface area contributed by atoms with Crippen molar-refractivity contribution in [1.29, 1.82) is 0 Å². The number of rotatable bonds is 7. The van der Waals surface area contributed by atoms with E-state index in [0.29, 0.717) is 18.3 Å². The highest BCUT2D eigenvalue weighted by Crippen LogP contribution is 2.35. The number of aromatic nitrogens is 2. The molecule has 0 bridgehead atoms. The number of furan rings is 1. The first-order valence-corrected chi connectivity index (χ1v) is 9.60. The smallest absolute Gasteiger partial charge is 0.261 e. The summed E-state index contributed by atoms with van der Waals surface area (Å²) in [6.07, 6.45) is 0.934. The third-order valence-electron chi connectivity index (χ3n) is 5.06. The Hall–Kier alpha value is -2.44. The summed E-state index contributed by atoms with van der Waals surface area (Å²) in [6, 6.07) is 12.1. The van der Waals surface area contributed by atoms with E-state index in [4.69, 9.17) is 13.7 Å². The third kappa shape index (κ3) is 3.82. The minimum atomic E-state index is 0.213. The van der Waals surface area contributed by atoms with Crippen LogP contribution in [0.1, 0.15) is 37.8 Å². The second kappa shape index (κ2) is 8.06. The first-order valence-electron chi connectivity index (χ1n) is 9.60. The predicted octanol–water partition coefficient (Wildman–Crippen LogP) is 4.34. The standard InChI is InChI=1S/C21H25N3O3/c1-3-24(4-2)13-17-12-18(19(26-17)15-8-6-5-7-9-15)21-22-20(23-27-21)16-10-11-25-14-16/h5-9,12,16H,3-4,10-11,13-14H2,1-2H3/t16-/m1/s1. The number of nitrogens with zero attached hydrogens (tertiary/aromatic N) is 3. The van der Waals surface area contributed by atoms with Crippen LogP contribution in [-0.4, -0.2) is 41.3 Å². The minimum Gasteiger partial charge on any atom is -0.459 e. The first-order chi connectivity index (χ1) is 13.3. The molecule has 2 aromatic heterocycles. The minimum absolute atomic E-state index is 0.213. The van der Waals surface area contributed by atoms with E-state index in [0.717, 1.165) is 55.3 Å². The molecule has 1 fully saturated rings. The molecule has 27 heavy (non-hydrogen) atoms. The highest BCUT2D eigenvalue weighted by atomic mass is 16.5. The van der Waals surface area contributed by atoms with Gasteiger partial charge >= 0.3 is 0 Å². The average Bonchev–Trinajstić information content (AvgIpc) is 3.46. The normalized spacial score (nSPS) is 17.1. The van der Waals surface area contributed by atoms with Gasteiger partial charge in [-0.25, -0.2) is 0 Å². The van der Waals surface area contributed by atoms with Gasteiger partial charge in [-0.1, -0.05) is 49.3 Å². The number of benzene rings is 1. The Labute approximate surface area is 159 Å². The fraction of sp³-hybridized carbons (Fsp3) is 0.429. The van der Waals surface area contributed by atoms with Crippen molar-refractivity contribution in [2.75, 3.05) is 26.3 Å². The van der Waals surface area contributed by atoms with Crippen molar-refractivity contribution in [3.8, 4) is 22.8 Å². The van der Waals surface area contributed by atoms with Crippen LogP contribution in [0.4, 0.5) is 0 Å². The van der Waals surface area contributed by atoms with E-state index in [1.54, 1.807) is 0 Å². The Bertz CT molecular complexity index is 862. The maximum absolute atomic E-state index is 6.23. The summed E-state index contributed by atoms with van der Waals surface area (Å²) in [4.78, 5) is 6.96. The molecule has 1 atom stereocenters. The van der Waals surface area contributed by atoms with Gasteiger partial charge in [-0.2, -0.15) is 4.98 Å². The quantitative estimate of drug-likeness (QED) is 0.619. The molecule has 0 amide bonds. The molecule has 1 saturated heterocycles. The fourth-order valence-corrected chi connectivity index (χ4v) is 3.40. The lowest BCUT2D eigenvalue weighted by molar-refractivity contribution is 0.192. The summed E-state index contributed by atoms with van der Waals surface area (Å²) >= 11 is 0. The van der Waals surface area contributed by atoms with E-state index in [1.807, 2.05) is 36.4 Å². The van der Waals surface area contributed by atoms with E-state index in [1.165, 1.54) is 0 Å². The highest BCUT2D eigenvalue weighted by molar-refractivity contribution is 5.76. The second-order valence-electron chi connectivity index (χ2n) is 6.80. The lowest BCUT2D eigenvalue weighted by Crippen LogP contribution is -2.21. The number of ether oxygens (including phenoxy) is 1. The van der Waals surface area contributed by atoms with Gasteiger partial charge in [0.05, 0.1) is 18.7 Å².